The van der Waals surface area contributed by atoms with Gasteiger partial charge in [0.1, 0.15) is 0 Å². The highest BCUT2D eigenvalue weighted by atomic mass is 127. The van der Waals surface area contributed by atoms with Crippen LogP contribution in [0.2, 0.25) is 0 Å². The van der Waals surface area contributed by atoms with Crippen molar-refractivity contribution in [2.75, 3.05) is 13.7 Å². The summed E-state index contributed by atoms with van der Waals surface area (Å²) in [5.74, 6) is 1.50. The van der Waals surface area contributed by atoms with Gasteiger partial charge in [0.15, 0.2) is 5.96 Å². The zero-order chi connectivity index (χ0) is 15.0. The minimum atomic E-state index is 0. The van der Waals surface area contributed by atoms with Crippen molar-refractivity contribution in [3.8, 4) is 0 Å². The molecule has 2 fully saturated rings. The van der Waals surface area contributed by atoms with E-state index in [1.807, 2.05) is 14.1 Å². The van der Waals surface area contributed by atoms with Crippen LogP contribution in [0.3, 0.4) is 0 Å². The molecule has 0 radical (unpaired) electrons. The van der Waals surface area contributed by atoms with Crippen molar-refractivity contribution >= 4 is 29.9 Å². The lowest BCUT2D eigenvalue weighted by Gasteiger charge is -2.54. The van der Waals surface area contributed by atoms with Crippen LogP contribution in [0.5, 0.6) is 0 Å². The number of fused-ring (bicyclic) bond motifs is 1. The fourth-order valence-corrected chi connectivity index (χ4v) is 3.81. The average Bonchev–Trinajstić information content (AvgIpc) is 3.06. The summed E-state index contributed by atoms with van der Waals surface area (Å²) in [4.78, 5) is 4.36. The van der Waals surface area contributed by atoms with Gasteiger partial charge in [-0.3, -0.25) is 4.99 Å². The average molecular weight is 418 g/mol. The topological polar surface area (TPSA) is 50.6 Å². The molecule has 0 spiro atoms. The van der Waals surface area contributed by atoms with Gasteiger partial charge in [0.25, 0.3) is 0 Å². The van der Waals surface area contributed by atoms with Crippen molar-refractivity contribution in [2.24, 2.45) is 23.4 Å². The number of hydrogen-bond donors (Lipinski definition) is 2. The Labute approximate surface area is 149 Å². The predicted octanol–water partition coefficient (Wildman–Crippen LogP) is 2.12. The molecule has 1 aromatic heterocycles. The molecule has 1 aromatic rings. The summed E-state index contributed by atoms with van der Waals surface area (Å²) < 4.78 is 7.90. The molecule has 0 aromatic carbocycles. The van der Waals surface area contributed by atoms with Gasteiger partial charge in [-0.05, 0) is 18.1 Å². The maximum absolute atomic E-state index is 5.84. The number of nitrogens with one attached hydrogen (secondary N) is 2. The maximum atomic E-state index is 5.84. The van der Waals surface area contributed by atoms with E-state index in [1.54, 1.807) is 0 Å². The van der Waals surface area contributed by atoms with Gasteiger partial charge in [0.2, 0.25) is 0 Å². The Morgan fingerprint density at radius 2 is 2.27 bits per heavy atom. The minimum absolute atomic E-state index is 0. The van der Waals surface area contributed by atoms with E-state index in [2.05, 4.69) is 52.5 Å². The summed E-state index contributed by atoms with van der Waals surface area (Å²) in [6.45, 7) is 6.24. The molecule has 3 unspecified atom stereocenters. The Bertz CT molecular complexity index is 540. The van der Waals surface area contributed by atoms with Crippen molar-refractivity contribution in [3.63, 3.8) is 0 Å². The number of halogens is 1. The van der Waals surface area contributed by atoms with Crippen LogP contribution in [0.4, 0.5) is 0 Å². The first-order chi connectivity index (χ1) is 10.0. The molecule has 1 aliphatic heterocycles. The molecule has 2 heterocycles. The second-order valence-corrected chi connectivity index (χ2v) is 6.80. The van der Waals surface area contributed by atoms with Gasteiger partial charge in [-0.25, -0.2) is 0 Å². The standard InChI is InChI=1S/C16H26N4O.HI/c1-16(2)13(12-6-8-21-14(12)16)19-15(17-3)18-9-11-5-7-20(4)10-11;/h5,7,10,12-14H,6,8-9H2,1-4H3,(H2,17,18,19);1H. The summed E-state index contributed by atoms with van der Waals surface area (Å²) in [6.07, 6.45) is 5.74. The van der Waals surface area contributed by atoms with Crippen LogP contribution in [0, 0.1) is 11.3 Å². The number of hydrogen-bond acceptors (Lipinski definition) is 2. The van der Waals surface area contributed by atoms with E-state index < -0.39 is 0 Å². The normalized spacial score (nSPS) is 29.3. The van der Waals surface area contributed by atoms with Crippen molar-refractivity contribution < 1.29 is 4.74 Å². The Hall–Kier alpha value is -0.760. The molecule has 0 amide bonds. The molecule has 2 N–H and O–H groups in total. The number of rotatable bonds is 3. The molecule has 6 heteroatoms. The zero-order valence-electron chi connectivity index (χ0n) is 13.8. The first kappa shape index (κ1) is 17.6. The van der Waals surface area contributed by atoms with E-state index in [4.69, 9.17) is 4.74 Å². The molecule has 1 aliphatic carbocycles. The van der Waals surface area contributed by atoms with Gasteiger partial charge in [-0.2, -0.15) is 0 Å². The van der Waals surface area contributed by atoms with Crippen molar-refractivity contribution in [3.05, 3.63) is 24.0 Å². The van der Waals surface area contributed by atoms with E-state index in [-0.39, 0.29) is 29.4 Å². The Morgan fingerprint density at radius 1 is 1.50 bits per heavy atom. The highest BCUT2D eigenvalue weighted by Crippen LogP contribution is 2.52. The van der Waals surface area contributed by atoms with E-state index in [1.165, 1.54) is 5.56 Å². The minimum Gasteiger partial charge on any atom is -0.377 e. The quantitative estimate of drug-likeness (QED) is 0.449. The second-order valence-electron chi connectivity index (χ2n) is 6.80. The molecule has 3 atom stereocenters. The van der Waals surface area contributed by atoms with Crippen molar-refractivity contribution in [1.29, 1.82) is 0 Å². The van der Waals surface area contributed by atoms with Gasteiger partial charge < -0.3 is 19.9 Å². The van der Waals surface area contributed by atoms with E-state index in [9.17, 15) is 0 Å². The lowest BCUT2D eigenvalue weighted by atomic mass is 9.57. The summed E-state index contributed by atoms with van der Waals surface area (Å²) >= 11 is 0. The molecule has 124 valence electrons. The molecular weight excluding hydrogens is 391 g/mol. The van der Waals surface area contributed by atoms with Crippen LogP contribution in [0.25, 0.3) is 0 Å². The van der Waals surface area contributed by atoms with Gasteiger partial charge in [0.05, 0.1) is 6.10 Å². The van der Waals surface area contributed by atoms with Gasteiger partial charge in [-0.1, -0.05) is 13.8 Å². The molecule has 5 nitrogen and oxygen atoms in total. The third kappa shape index (κ3) is 3.13. The SMILES string of the molecule is CN=C(NCc1ccn(C)c1)NC1C2CCOC2C1(C)C.I. The summed E-state index contributed by atoms with van der Waals surface area (Å²) in [5, 5.41) is 6.99. The van der Waals surface area contributed by atoms with Crippen LogP contribution in [-0.4, -0.2) is 36.3 Å². The summed E-state index contributed by atoms with van der Waals surface area (Å²) in [5.41, 5.74) is 1.43. The monoisotopic (exact) mass is 418 g/mol. The highest BCUT2D eigenvalue weighted by molar-refractivity contribution is 14.0. The smallest absolute Gasteiger partial charge is 0.191 e. The molecule has 3 rings (SSSR count). The second kappa shape index (κ2) is 6.78. The molecule has 1 saturated heterocycles. The third-order valence-corrected chi connectivity index (χ3v) is 4.97. The summed E-state index contributed by atoms with van der Waals surface area (Å²) in [6, 6.07) is 2.56. The number of guanidine groups is 1. The largest absolute Gasteiger partial charge is 0.377 e. The van der Waals surface area contributed by atoms with Crippen LogP contribution in [0.15, 0.2) is 23.5 Å². The zero-order valence-corrected chi connectivity index (χ0v) is 16.1. The highest BCUT2D eigenvalue weighted by Gasteiger charge is 2.59. The lowest BCUT2D eigenvalue weighted by Crippen LogP contribution is -2.67. The fourth-order valence-electron chi connectivity index (χ4n) is 3.81. The molecular formula is C16H27IN4O. The number of aromatic nitrogens is 1. The molecule has 22 heavy (non-hydrogen) atoms. The first-order valence-corrected chi connectivity index (χ1v) is 7.72. The lowest BCUT2D eigenvalue weighted by molar-refractivity contribution is -0.106. The molecule has 2 aliphatic rings. The van der Waals surface area contributed by atoms with Crippen molar-refractivity contribution in [1.82, 2.24) is 15.2 Å². The number of nitrogens with zero attached hydrogens (tertiary/aromatic N) is 2. The van der Waals surface area contributed by atoms with Gasteiger partial charge in [0, 0.05) is 57.0 Å². The van der Waals surface area contributed by atoms with E-state index in [0.717, 1.165) is 25.5 Å². The Balaban J connectivity index is 0.00000176. The number of aryl methyl sites for hydroxylation is 1. The summed E-state index contributed by atoms with van der Waals surface area (Å²) in [7, 11) is 3.86. The maximum Gasteiger partial charge on any atom is 0.191 e. The van der Waals surface area contributed by atoms with Gasteiger partial charge >= 0.3 is 0 Å². The van der Waals surface area contributed by atoms with Gasteiger partial charge in [-0.15, -0.1) is 24.0 Å². The predicted molar refractivity (Wildman–Crippen MR) is 99.6 cm³/mol. The molecule has 1 saturated carbocycles. The van der Waals surface area contributed by atoms with Crippen LogP contribution in [0.1, 0.15) is 25.8 Å². The van der Waals surface area contributed by atoms with E-state index in [0.29, 0.717) is 18.1 Å². The van der Waals surface area contributed by atoms with Crippen LogP contribution >= 0.6 is 24.0 Å². The Kier molecular flexibility index (Phi) is 5.42. The first-order valence-electron chi connectivity index (χ1n) is 7.72. The van der Waals surface area contributed by atoms with Crippen molar-refractivity contribution in [2.45, 2.75) is 39.0 Å². The number of aliphatic imine (C=N–C) groups is 1. The Morgan fingerprint density at radius 3 is 2.91 bits per heavy atom. The fraction of sp³-hybridized carbons (Fsp3) is 0.688. The van der Waals surface area contributed by atoms with Crippen LogP contribution in [-0.2, 0) is 18.3 Å². The third-order valence-electron chi connectivity index (χ3n) is 4.97. The molecule has 0 bridgehead atoms. The van der Waals surface area contributed by atoms with Crippen LogP contribution < -0.4 is 10.6 Å². The van der Waals surface area contributed by atoms with E-state index >= 15 is 0 Å². The number of ether oxygens (including phenoxy) is 1.